The summed E-state index contributed by atoms with van der Waals surface area (Å²) >= 11 is 0. The second kappa shape index (κ2) is 7.51. The van der Waals surface area contributed by atoms with Gasteiger partial charge in [0, 0.05) is 6.20 Å². The number of nitrogens with zero attached hydrogens (tertiary/aromatic N) is 1. The molecular formula is C15H22F3N. The number of rotatable bonds is 7. The quantitative estimate of drug-likeness (QED) is 0.633. The average Bonchev–Trinajstić information content (AvgIpc) is 2.38. The van der Waals surface area contributed by atoms with Crippen LogP contribution in [0, 0.1) is 0 Å². The molecule has 1 aromatic rings. The van der Waals surface area contributed by atoms with E-state index in [1.165, 1.54) is 6.20 Å². The highest BCUT2D eigenvalue weighted by Gasteiger charge is 2.36. The Kier molecular flexibility index (Phi) is 6.32. The van der Waals surface area contributed by atoms with E-state index in [0.717, 1.165) is 38.5 Å². The van der Waals surface area contributed by atoms with Crippen molar-refractivity contribution in [3.05, 3.63) is 29.6 Å². The van der Waals surface area contributed by atoms with Crippen LogP contribution in [0.15, 0.2) is 18.3 Å². The van der Waals surface area contributed by atoms with Crippen molar-refractivity contribution in [2.45, 2.75) is 64.5 Å². The van der Waals surface area contributed by atoms with E-state index in [1.807, 2.05) is 0 Å². The minimum atomic E-state index is -4.35. The van der Waals surface area contributed by atoms with Crippen molar-refractivity contribution in [1.82, 2.24) is 4.98 Å². The number of pyridine rings is 1. The fourth-order valence-corrected chi connectivity index (χ4v) is 2.34. The molecule has 0 bridgehead atoms. The van der Waals surface area contributed by atoms with Gasteiger partial charge < -0.3 is 0 Å². The Labute approximate surface area is 113 Å². The van der Waals surface area contributed by atoms with Crippen molar-refractivity contribution in [2.75, 3.05) is 0 Å². The number of hydrogen-bond donors (Lipinski definition) is 0. The van der Waals surface area contributed by atoms with Crippen LogP contribution in [-0.2, 0) is 6.18 Å². The maximum Gasteiger partial charge on any atom is 0.433 e. The fraction of sp³-hybridized carbons (Fsp3) is 0.667. The summed E-state index contributed by atoms with van der Waals surface area (Å²) in [5.41, 5.74) is -0.330. The predicted octanol–water partition coefficient (Wildman–Crippen LogP) is 5.56. The van der Waals surface area contributed by atoms with Crippen LogP contribution in [0.1, 0.15) is 69.5 Å². The van der Waals surface area contributed by atoms with Gasteiger partial charge in [0.15, 0.2) is 0 Å². The maximum atomic E-state index is 13.0. The Morgan fingerprint density at radius 2 is 1.68 bits per heavy atom. The molecule has 1 aromatic heterocycles. The molecule has 0 N–H and O–H groups in total. The highest BCUT2D eigenvalue weighted by molar-refractivity contribution is 5.26. The molecule has 0 spiro atoms. The third-order valence-corrected chi connectivity index (χ3v) is 3.36. The number of halogens is 3. The second-order valence-corrected chi connectivity index (χ2v) is 4.92. The second-order valence-electron chi connectivity index (χ2n) is 4.92. The monoisotopic (exact) mass is 273 g/mol. The molecule has 1 heterocycles. The number of hydrogen-bond acceptors (Lipinski definition) is 1. The van der Waals surface area contributed by atoms with Gasteiger partial charge in [-0.25, -0.2) is 0 Å². The van der Waals surface area contributed by atoms with Crippen molar-refractivity contribution in [3.63, 3.8) is 0 Å². The van der Waals surface area contributed by atoms with Crippen molar-refractivity contribution >= 4 is 0 Å². The molecule has 108 valence electrons. The molecule has 0 saturated carbocycles. The maximum absolute atomic E-state index is 13.0. The summed E-state index contributed by atoms with van der Waals surface area (Å²) < 4.78 is 39.0. The van der Waals surface area contributed by atoms with Gasteiger partial charge in [0.1, 0.15) is 5.69 Å². The van der Waals surface area contributed by atoms with Crippen molar-refractivity contribution in [1.29, 1.82) is 0 Å². The minimum absolute atomic E-state index is 0.0229. The Balaban J connectivity index is 3.00. The van der Waals surface area contributed by atoms with Gasteiger partial charge in [-0.2, -0.15) is 13.2 Å². The summed E-state index contributed by atoms with van der Waals surface area (Å²) in [4.78, 5) is 3.56. The summed E-state index contributed by atoms with van der Waals surface area (Å²) in [6, 6.07) is 3.20. The molecule has 0 atom stereocenters. The Morgan fingerprint density at radius 3 is 2.16 bits per heavy atom. The Bertz CT molecular complexity index is 366. The third-order valence-electron chi connectivity index (χ3n) is 3.36. The van der Waals surface area contributed by atoms with Gasteiger partial charge in [-0.1, -0.05) is 45.6 Å². The zero-order valence-corrected chi connectivity index (χ0v) is 11.6. The average molecular weight is 273 g/mol. The first-order valence-electron chi connectivity index (χ1n) is 7.02. The van der Waals surface area contributed by atoms with Crippen LogP contribution in [0.2, 0.25) is 0 Å². The van der Waals surface area contributed by atoms with Gasteiger partial charge in [-0.05, 0) is 30.4 Å². The van der Waals surface area contributed by atoms with E-state index in [1.54, 1.807) is 12.1 Å². The van der Waals surface area contributed by atoms with E-state index in [-0.39, 0.29) is 5.92 Å². The van der Waals surface area contributed by atoms with E-state index in [2.05, 4.69) is 18.8 Å². The topological polar surface area (TPSA) is 12.9 Å². The van der Waals surface area contributed by atoms with Gasteiger partial charge in [0.2, 0.25) is 0 Å². The van der Waals surface area contributed by atoms with Gasteiger partial charge in [0.25, 0.3) is 0 Å². The molecule has 0 aliphatic rings. The Morgan fingerprint density at radius 1 is 1.11 bits per heavy atom. The molecule has 1 rings (SSSR count). The lowest BCUT2D eigenvalue weighted by Crippen LogP contribution is -2.14. The summed E-state index contributed by atoms with van der Waals surface area (Å²) in [6.07, 6.45) is 2.42. The molecule has 4 heteroatoms. The van der Waals surface area contributed by atoms with Crippen LogP contribution in [0.3, 0.4) is 0 Å². The number of unbranched alkanes of at least 4 members (excludes halogenated alkanes) is 2. The zero-order chi connectivity index (χ0) is 14.3. The van der Waals surface area contributed by atoms with Crippen LogP contribution in [0.4, 0.5) is 13.2 Å². The molecule has 19 heavy (non-hydrogen) atoms. The summed E-state index contributed by atoms with van der Waals surface area (Å²) in [5, 5.41) is 0. The van der Waals surface area contributed by atoms with Crippen LogP contribution in [0.25, 0.3) is 0 Å². The molecule has 0 amide bonds. The van der Waals surface area contributed by atoms with E-state index < -0.39 is 11.9 Å². The summed E-state index contributed by atoms with van der Waals surface area (Å²) in [5.74, 6) is -0.0229. The van der Waals surface area contributed by atoms with Gasteiger partial charge in [-0.3, -0.25) is 4.98 Å². The van der Waals surface area contributed by atoms with Crippen LogP contribution in [0.5, 0.6) is 0 Å². The predicted molar refractivity (Wildman–Crippen MR) is 71.0 cm³/mol. The Hall–Kier alpha value is -1.06. The van der Waals surface area contributed by atoms with Gasteiger partial charge in [0.05, 0.1) is 0 Å². The lowest BCUT2D eigenvalue weighted by atomic mass is 9.88. The third kappa shape index (κ3) is 4.84. The summed E-state index contributed by atoms with van der Waals surface area (Å²) in [7, 11) is 0. The smallest absolute Gasteiger partial charge is 0.252 e. The summed E-state index contributed by atoms with van der Waals surface area (Å²) in [6.45, 7) is 4.12. The minimum Gasteiger partial charge on any atom is -0.252 e. The van der Waals surface area contributed by atoms with Crippen molar-refractivity contribution in [2.24, 2.45) is 0 Å². The number of aromatic nitrogens is 1. The lowest BCUT2D eigenvalue weighted by Gasteiger charge is -2.20. The van der Waals surface area contributed by atoms with E-state index in [9.17, 15) is 13.2 Å². The molecule has 0 aromatic carbocycles. The lowest BCUT2D eigenvalue weighted by molar-refractivity contribution is -0.142. The van der Waals surface area contributed by atoms with Crippen LogP contribution < -0.4 is 0 Å². The fourth-order valence-electron chi connectivity index (χ4n) is 2.34. The first-order chi connectivity index (χ1) is 9.00. The number of alkyl halides is 3. The molecule has 0 aliphatic heterocycles. The zero-order valence-electron chi connectivity index (χ0n) is 11.6. The van der Waals surface area contributed by atoms with Gasteiger partial charge in [-0.15, -0.1) is 0 Å². The van der Waals surface area contributed by atoms with E-state index in [4.69, 9.17) is 0 Å². The molecule has 1 nitrogen and oxygen atoms in total. The largest absolute Gasteiger partial charge is 0.433 e. The molecule has 0 unspecified atom stereocenters. The first kappa shape index (κ1) is 16.0. The normalized spacial score (nSPS) is 12.1. The van der Waals surface area contributed by atoms with Crippen LogP contribution >= 0.6 is 0 Å². The molecular weight excluding hydrogens is 251 g/mol. The highest BCUT2D eigenvalue weighted by Crippen LogP contribution is 2.37. The van der Waals surface area contributed by atoms with E-state index >= 15 is 0 Å². The van der Waals surface area contributed by atoms with Crippen LogP contribution in [-0.4, -0.2) is 4.98 Å². The first-order valence-corrected chi connectivity index (χ1v) is 7.02. The molecule has 0 aliphatic carbocycles. The van der Waals surface area contributed by atoms with E-state index in [0.29, 0.717) is 5.56 Å². The molecule has 0 fully saturated rings. The van der Waals surface area contributed by atoms with Crippen molar-refractivity contribution in [3.8, 4) is 0 Å². The molecule has 0 radical (unpaired) electrons. The highest BCUT2D eigenvalue weighted by atomic mass is 19.4. The standard InChI is InChI=1S/C15H22F3N/c1-3-5-8-12(9-6-4-2)13-10-7-11-19-14(13)15(16,17)18/h7,10-12H,3-6,8-9H2,1-2H3. The van der Waals surface area contributed by atoms with Gasteiger partial charge >= 0.3 is 6.18 Å². The molecule has 0 saturated heterocycles. The van der Waals surface area contributed by atoms with Crippen molar-refractivity contribution < 1.29 is 13.2 Å². The SMILES string of the molecule is CCCCC(CCCC)c1cccnc1C(F)(F)F.